The monoisotopic (exact) mass is 292 g/mol. The summed E-state index contributed by atoms with van der Waals surface area (Å²) in [5.41, 5.74) is 0. The molecule has 2 atom stereocenters. The van der Waals surface area contributed by atoms with Gasteiger partial charge in [-0.25, -0.2) is 0 Å². The molecule has 0 bridgehead atoms. The highest BCUT2D eigenvalue weighted by Gasteiger charge is 2.24. The van der Waals surface area contributed by atoms with Crippen LogP contribution < -0.4 is 15.1 Å². The normalized spacial score (nSPS) is 22.2. The van der Waals surface area contributed by atoms with E-state index in [1.807, 2.05) is 19.0 Å². The molecule has 0 radical (unpaired) electrons. The van der Waals surface area contributed by atoms with Crippen molar-refractivity contribution in [1.29, 1.82) is 0 Å². The summed E-state index contributed by atoms with van der Waals surface area (Å²) < 4.78 is 0. The minimum atomic E-state index is 0.677. The Morgan fingerprint density at radius 3 is 2.38 bits per heavy atom. The van der Waals surface area contributed by atoms with E-state index in [9.17, 15) is 0 Å². The molecule has 2 unspecified atom stereocenters. The van der Waals surface area contributed by atoms with Crippen LogP contribution in [0.2, 0.25) is 0 Å². The largest absolute Gasteiger partial charge is 0.354 e. The molecular weight excluding hydrogens is 264 g/mol. The second kappa shape index (κ2) is 6.91. The van der Waals surface area contributed by atoms with Crippen LogP contribution in [0.15, 0.2) is 0 Å². The van der Waals surface area contributed by atoms with Crippen molar-refractivity contribution in [1.82, 2.24) is 15.0 Å². The van der Waals surface area contributed by atoms with Crippen LogP contribution in [-0.2, 0) is 0 Å². The smallest absolute Gasteiger partial charge is 0.231 e. The van der Waals surface area contributed by atoms with Crippen molar-refractivity contribution in [2.75, 3.05) is 48.8 Å². The molecule has 1 aromatic heterocycles. The standard InChI is InChI=1S/C15H28N6/c1-6-7-16-13-17-14(20(4)5)19-15(18-13)21-9-11(2)8-12(3)10-21/h11-12H,6-10H2,1-5H3,(H,16,17,18,19). The fraction of sp³-hybridized carbons (Fsp3) is 0.800. The highest BCUT2D eigenvalue weighted by Crippen LogP contribution is 2.25. The summed E-state index contributed by atoms with van der Waals surface area (Å²) in [5.74, 6) is 3.55. The SMILES string of the molecule is CCCNc1nc(N(C)C)nc(N2CC(C)CC(C)C2)n1. The van der Waals surface area contributed by atoms with Gasteiger partial charge in [-0.2, -0.15) is 15.0 Å². The van der Waals surface area contributed by atoms with Gasteiger partial charge in [-0.15, -0.1) is 0 Å². The maximum atomic E-state index is 4.62. The third-order valence-corrected chi connectivity index (χ3v) is 3.70. The zero-order chi connectivity index (χ0) is 15.4. The van der Waals surface area contributed by atoms with Gasteiger partial charge in [-0.3, -0.25) is 0 Å². The zero-order valence-electron chi connectivity index (χ0n) is 13.9. The fourth-order valence-electron chi connectivity index (χ4n) is 2.84. The van der Waals surface area contributed by atoms with E-state index >= 15 is 0 Å². The molecule has 2 rings (SSSR count). The van der Waals surface area contributed by atoms with Crippen LogP contribution >= 0.6 is 0 Å². The van der Waals surface area contributed by atoms with Gasteiger partial charge in [0.1, 0.15) is 0 Å². The summed E-state index contributed by atoms with van der Waals surface area (Å²) in [5, 5.41) is 3.28. The molecule has 1 fully saturated rings. The van der Waals surface area contributed by atoms with Crippen molar-refractivity contribution in [3.63, 3.8) is 0 Å². The van der Waals surface area contributed by atoms with Gasteiger partial charge in [-0.1, -0.05) is 20.8 Å². The van der Waals surface area contributed by atoms with Gasteiger partial charge in [0, 0.05) is 33.7 Å². The molecule has 0 saturated carbocycles. The van der Waals surface area contributed by atoms with E-state index in [1.54, 1.807) is 0 Å². The maximum Gasteiger partial charge on any atom is 0.231 e. The van der Waals surface area contributed by atoms with Gasteiger partial charge in [0.15, 0.2) is 0 Å². The summed E-state index contributed by atoms with van der Waals surface area (Å²) in [6, 6.07) is 0. The van der Waals surface area contributed by atoms with E-state index in [-0.39, 0.29) is 0 Å². The predicted octanol–water partition coefficient (Wildman–Crippen LogP) is 2.24. The highest BCUT2D eigenvalue weighted by molar-refractivity contribution is 5.44. The lowest BCUT2D eigenvalue weighted by atomic mass is 9.92. The molecule has 1 saturated heterocycles. The Morgan fingerprint density at radius 2 is 1.81 bits per heavy atom. The van der Waals surface area contributed by atoms with E-state index in [2.05, 4.69) is 45.9 Å². The Labute approximate surface area is 128 Å². The van der Waals surface area contributed by atoms with Crippen LogP contribution in [0.4, 0.5) is 17.8 Å². The first kappa shape index (κ1) is 15.8. The molecule has 1 aliphatic heterocycles. The third kappa shape index (κ3) is 4.19. The number of nitrogens with zero attached hydrogens (tertiary/aromatic N) is 5. The van der Waals surface area contributed by atoms with Crippen LogP contribution in [0.5, 0.6) is 0 Å². The number of piperidine rings is 1. The van der Waals surface area contributed by atoms with Crippen LogP contribution in [0.1, 0.15) is 33.6 Å². The second-order valence-electron chi connectivity index (χ2n) is 6.43. The molecule has 0 spiro atoms. The summed E-state index contributed by atoms with van der Waals surface area (Å²) in [7, 11) is 3.92. The highest BCUT2D eigenvalue weighted by atomic mass is 15.4. The number of nitrogens with one attached hydrogen (secondary N) is 1. The first-order valence-electron chi connectivity index (χ1n) is 7.91. The van der Waals surface area contributed by atoms with Crippen molar-refractivity contribution in [3.05, 3.63) is 0 Å². The van der Waals surface area contributed by atoms with E-state index < -0.39 is 0 Å². The quantitative estimate of drug-likeness (QED) is 0.898. The number of hydrogen-bond donors (Lipinski definition) is 1. The average molecular weight is 292 g/mol. The molecule has 0 amide bonds. The lowest BCUT2D eigenvalue weighted by molar-refractivity contribution is 0.353. The predicted molar refractivity (Wildman–Crippen MR) is 88.1 cm³/mol. The van der Waals surface area contributed by atoms with Gasteiger partial charge < -0.3 is 15.1 Å². The molecule has 118 valence electrons. The summed E-state index contributed by atoms with van der Waals surface area (Å²) in [4.78, 5) is 17.9. The van der Waals surface area contributed by atoms with Crippen molar-refractivity contribution in [2.45, 2.75) is 33.6 Å². The number of hydrogen-bond acceptors (Lipinski definition) is 6. The van der Waals surface area contributed by atoms with Crippen LogP contribution in [0, 0.1) is 11.8 Å². The molecule has 1 aliphatic rings. The number of anilines is 3. The van der Waals surface area contributed by atoms with Crippen molar-refractivity contribution in [2.24, 2.45) is 11.8 Å². The Balaban J connectivity index is 2.26. The topological polar surface area (TPSA) is 57.2 Å². The number of aromatic nitrogens is 3. The molecular formula is C15H28N6. The minimum absolute atomic E-state index is 0.677. The molecule has 0 aromatic carbocycles. The van der Waals surface area contributed by atoms with E-state index in [1.165, 1.54) is 6.42 Å². The molecule has 2 heterocycles. The first-order chi connectivity index (χ1) is 9.99. The molecule has 1 aromatic rings. The van der Waals surface area contributed by atoms with Crippen molar-refractivity contribution in [3.8, 4) is 0 Å². The Morgan fingerprint density at radius 1 is 1.14 bits per heavy atom. The molecule has 1 N–H and O–H groups in total. The van der Waals surface area contributed by atoms with E-state index in [0.29, 0.717) is 23.7 Å². The van der Waals surface area contributed by atoms with Gasteiger partial charge in [-0.05, 0) is 24.7 Å². The lowest BCUT2D eigenvalue weighted by Gasteiger charge is -2.35. The first-order valence-corrected chi connectivity index (χ1v) is 7.91. The van der Waals surface area contributed by atoms with E-state index in [4.69, 9.17) is 0 Å². The van der Waals surface area contributed by atoms with Crippen LogP contribution in [0.3, 0.4) is 0 Å². The molecule has 6 nitrogen and oxygen atoms in total. The third-order valence-electron chi connectivity index (χ3n) is 3.70. The van der Waals surface area contributed by atoms with Crippen molar-refractivity contribution >= 4 is 17.8 Å². The summed E-state index contributed by atoms with van der Waals surface area (Å²) >= 11 is 0. The lowest BCUT2D eigenvalue weighted by Crippen LogP contribution is -2.40. The minimum Gasteiger partial charge on any atom is -0.354 e. The van der Waals surface area contributed by atoms with Gasteiger partial charge >= 0.3 is 0 Å². The van der Waals surface area contributed by atoms with Gasteiger partial charge in [0.2, 0.25) is 17.8 Å². The Bertz CT molecular complexity index is 451. The van der Waals surface area contributed by atoms with Crippen molar-refractivity contribution < 1.29 is 0 Å². The zero-order valence-corrected chi connectivity index (χ0v) is 13.9. The van der Waals surface area contributed by atoms with E-state index in [0.717, 1.165) is 32.0 Å². The number of rotatable bonds is 5. The summed E-state index contributed by atoms with van der Waals surface area (Å²) in [6.07, 6.45) is 2.33. The maximum absolute atomic E-state index is 4.62. The van der Waals surface area contributed by atoms with Crippen LogP contribution in [0.25, 0.3) is 0 Å². The average Bonchev–Trinajstić information content (AvgIpc) is 2.43. The molecule has 21 heavy (non-hydrogen) atoms. The Kier molecular flexibility index (Phi) is 5.20. The van der Waals surface area contributed by atoms with Crippen LogP contribution in [-0.4, -0.2) is 48.7 Å². The van der Waals surface area contributed by atoms with Gasteiger partial charge in [0.25, 0.3) is 0 Å². The second-order valence-corrected chi connectivity index (χ2v) is 6.43. The molecule has 0 aliphatic carbocycles. The molecule has 6 heteroatoms. The Hall–Kier alpha value is -1.59. The summed E-state index contributed by atoms with van der Waals surface area (Å²) in [6.45, 7) is 9.65. The van der Waals surface area contributed by atoms with Gasteiger partial charge in [0.05, 0.1) is 0 Å². The fourth-order valence-corrected chi connectivity index (χ4v) is 2.84.